The Morgan fingerprint density at radius 2 is 1.55 bits per heavy atom. The van der Waals surface area contributed by atoms with Crippen molar-refractivity contribution in [2.75, 3.05) is 13.2 Å². The predicted octanol–water partition coefficient (Wildman–Crippen LogP) is 0.944. The summed E-state index contributed by atoms with van der Waals surface area (Å²) in [5.41, 5.74) is 0. The van der Waals surface area contributed by atoms with Crippen LogP contribution in [0.4, 0.5) is 0 Å². The molecule has 0 saturated carbocycles. The van der Waals surface area contributed by atoms with Crippen LogP contribution in [-0.2, 0) is 9.47 Å². The van der Waals surface area contributed by atoms with E-state index < -0.39 is 37.2 Å². The van der Waals surface area contributed by atoms with E-state index in [1.54, 1.807) is 0 Å². The Morgan fingerprint density at radius 3 is 2.14 bits per heavy atom. The van der Waals surface area contributed by atoms with Crippen LogP contribution in [0.2, 0.25) is 0 Å². The molecule has 1 rings (SSSR count). The number of ether oxygens (including phenoxy) is 2. The molecule has 0 spiro atoms. The van der Waals surface area contributed by atoms with E-state index in [1.807, 2.05) is 0 Å². The lowest BCUT2D eigenvalue weighted by molar-refractivity contribution is -0.301. The average Bonchev–Trinajstić information content (AvgIpc) is 2.56. The molecule has 0 unspecified atom stereocenters. The maximum Gasteiger partial charge on any atom is 0.186 e. The zero-order valence-corrected chi connectivity index (χ0v) is 13.3. The van der Waals surface area contributed by atoms with Gasteiger partial charge in [-0.1, -0.05) is 51.9 Å². The maximum atomic E-state index is 10.1. The summed E-state index contributed by atoms with van der Waals surface area (Å²) in [6.07, 6.45) is -4.38. The van der Waals surface area contributed by atoms with Gasteiger partial charge in [-0.3, -0.25) is 0 Å². The highest BCUT2D eigenvalue weighted by Crippen LogP contribution is 2.22. The molecule has 1 aliphatic heterocycles. The topological polar surface area (TPSA) is 99.4 Å². The Morgan fingerprint density at radius 1 is 0.955 bits per heavy atom. The monoisotopic (exact) mass is 323 g/mol. The van der Waals surface area contributed by atoms with Crippen molar-refractivity contribution in [2.24, 2.45) is 0 Å². The molecule has 0 amide bonds. The Balaban J connectivity index is 2.47. The van der Waals surface area contributed by atoms with Gasteiger partial charge in [0.2, 0.25) is 0 Å². The van der Waals surface area contributed by atoms with E-state index in [0.717, 1.165) is 19.3 Å². The predicted molar refractivity (Wildman–Crippen MR) is 82.3 cm³/mol. The third-order valence-corrected chi connectivity index (χ3v) is 3.74. The van der Waals surface area contributed by atoms with E-state index in [2.05, 4.69) is 6.92 Å². The minimum absolute atomic E-state index is 0.00995. The zero-order chi connectivity index (χ0) is 19.1. The van der Waals surface area contributed by atoms with Crippen LogP contribution in [0.1, 0.15) is 62.4 Å². The fourth-order valence-electron chi connectivity index (χ4n) is 2.32. The Labute approximate surface area is 137 Å². The summed E-state index contributed by atoms with van der Waals surface area (Å²) in [7, 11) is 0. The number of hydrogen-bond donors (Lipinski definition) is 4. The highest BCUT2D eigenvalue weighted by molar-refractivity contribution is 4.88. The minimum atomic E-state index is -3.24. The van der Waals surface area contributed by atoms with Gasteiger partial charge < -0.3 is 29.9 Å². The van der Waals surface area contributed by atoms with Crippen molar-refractivity contribution in [3.05, 3.63) is 0 Å². The number of aliphatic hydroxyl groups excluding tert-OH is 2. The molecule has 6 heteroatoms. The largest absolute Gasteiger partial charge is 0.394 e. The first kappa shape index (κ1) is 15.3. The molecule has 0 aromatic heterocycles. The Hall–Kier alpha value is -0.240. The number of aliphatic hydroxyl groups is 4. The molecular formula is C16H32O6. The molecule has 1 saturated heterocycles. The average molecular weight is 323 g/mol. The van der Waals surface area contributed by atoms with Crippen molar-refractivity contribution in [2.45, 2.75) is 88.9 Å². The zero-order valence-electron chi connectivity index (χ0n) is 16.3. The summed E-state index contributed by atoms with van der Waals surface area (Å²) in [6, 6.07) is 0. The second-order valence-electron chi connectivity index (χ2n) is 5.63. The second kappa shape index (κ2) is 11.3. The maximum absolute atomic E-state index is 10.1. The van der Waals surface area contributed by atoms with Crippen molar-refractivity contribution in [3.63, 3.8) is 0 Å². The van der Waals surface area contributed by atoms with Crippen molar-refractivity contribution >= 4 is 0 Å². The molecular weight excluding hydrogens is 288 g/mol. The SMILES string of the molecule is [2H][C@@]1(OCCCCCCCCCC)O[C@H](CO)[C@@H](O)[C@]([2H])(O)[C@@]1([2H])O. The molecule has 132 valence electrons. The van der Waals surface area contributed by atoms with E-state index in [0.29, 0.717) is 6.42 Å². The van der Waals surface area contributed by atoms with Gasteiger partial charge in [0.15, 0.2) is 6.27 Å². The van der Waals surface area contributed by atoms with Gasteiger partial charge in [0, 0.05) is 6.61 Å². The van der Waals surface area contributed by atoms with Gasteiger partial charge in [0.1, 0.15) is 24.4 Å². The molecule has 4 N–H and O–H groups in total. The van der Waals surface area contributed by atoms with Gasteiger partial charge >= 0.3 is 0 Å². The first-order chi connectivity index (χ1) is 11.6. The summed E-state index contributed by atoms with van der Waals surface area (Å²) in [4.78, 5) is 0. The summed E-state index contributed by atoms with van der Waals surface area (Å²) < 4.78 is 33.5. The van der Waals surface area contributed by atoms with E-state index in [-0.39, 0.29) is 6.61 Å². The van der Waals surface area contributed by atoms with Crippen LogP contribution >= 0.6 is 0 Å². The van der Waals surface area contributed by atoms with Crippen LogP contribution in [0.15, 0.2) is 0 Å². The van der Waals surface area contributed by atoms with Crippen LogP contribution in [0.25, 0.3) is 0 Å². The summed E-state index contributed by atoms with van der Waals surface area (Å²) in [5, 5.41) is 38.9. The second-order valence-corrected chi connectivity index (χ2v) is 5.63. The lowest BCUT2D eigenvalue weighted by Gasteiger charge is -2.39. The van der Waals surface area contributed by atoms with Crippen LogP contribution in [0.5, 0.6) is 0 Å². The Kier molecular flexibility index (Phi) is 7.87. The van der Waals surface area contributed by atoms with Crippen LogP contribution in [0.3, 0.4) is 0 Å². The molecule has 0 radical (unpaired) electrons. The molecule has 0 bridgehead atoms. The van der Waals surface area contributed by atoms with E-state index in [1.165, 1.54) is 25.7 Å². The molecule has 6 nitrogen and oxygen atoms in total. The molecule has 1 aliphatic rings. The minimum Gasteiger partial charge on any atom is -0.394 e. The van der Waals surface area contributed by atoms with Gasteiger partial charge in [-0.15, -0.1) is 0 Å². The lowest BCUT2D eigenvalue weighted by atomic mass is 9.99. The quantitative estimate of drug-likeness (QED) is 0.422. The highest BCUT2D eigenvalue weighted by Gasteiger charge is 2.43. The van der Waals surface area contributed by atoms with Crippen molar-refractivity contribution in [1.29, 1.82) is 0 Å². The third kappa shape index (κ3) is 6.48. The molecule has 0 aromatic carbocycles. The van der Waals surface area contributed by atoms with Crippen molar-refractivity contribution in [1.82, 2.24) is 0 Å². The van der Waals surface area contributed by atoms with Gasteiger partial charge in [0.25, 0.3) is 0 Å². The number of hydrogen-bond acceptors (Lipinski definition) is 6. The highest BCUT2D eigenvalue weighted by atomic mass is 16.7. The first-order valence-corrected chi connectivity index (χ1v) is 8.19. The van der Waals surface area contributed by atoms with Gasteiger partial charge in [-0.05, 0) is 6.42 Å². The third-order valence-electron chi connectivity index (χ3n) is 3.74. The molecule has 1 fully saturated rings. The summed E-state index contributed by atoms with van der Waals surface area (Å²) in [5.74, 6) is 0. The van der Waals surface area contributed by atoms with Gasteiger partial charge in [0.05, 0.1) is 10.7 Å². The van der Waals surface area contributed by atoms with E-state index >= 15 is 0 Å². The molecule has 0 aromatic rings. The number of unbranched alkanes of at least 4 members (excludes halogenated alkanes) is 7. The standard InChI is InChI=1S/C16H32O6/c1-2-3-4-5-6-7-8-9-10-21-16-15(20)14(19)13(18)12(11-17)22-16/h12-20H,2-11H2,1H3/t12-,13-,14+,15-,16-/m1/s1/i14D,15D,16D. The number of rotatable bonds is 11. The molecule has 5 atom stereocenters. The van der Waals surface area contributed by atoms with Crippen molar-refractivity contribution in [3.8, 4) is 0 Å². The van der Waals surface area contributed by atoms with E-state index in [4.69, 9.17) is 18.7 Å². The van der Waals surface area contributed by atoms with Crippen LogP contribution < -0.4 is 0 Å². The summed E-state index contributed by atoms with van der Waals surface area (Å²) >= 11 is 0. The molecule has 22 heavy (non-hydrogen) atoms. The molecule has 1 heterocycles. The lowest BCUT2D eigenvalue weighted by Crippen LogP contribution is -2.59. The Bertz CT molecular complexity index is 396. The smallest absolute Gasteiger partial charge is 0.186 e. The normalized spacial score (nSPS) is 44.3. The fraction of sp³-hybridized carbons (Fsp3) is 1.00. The fourth-order valence-corrected chi connectivity index (χ4v) is 2.32. The van der Waals surface area contributed by atoms with E-state index in [9.17, 15) is 15.3 Å². The molecule has 0 aliphatic carbocycles. The van der Waals surface area contributed by atoms with Gasteiger partial charge in [-0.25, -0.2) is 0 Å². The van der Waals surface area contributed by atoms with Crippen molar-refractivity contribution < 1.29 is 34.0 Å². The van der Waals surface area contributed by atoms with Gasteiger partial charge in [-0.2, -0.15) is 0 Å². The summed E-state index contributed by atoms with van der Waals surface area (Å²) in [6.45, 7) is 1.36. The van der Waals surface area contributed by atoms with Crippen LogP contribution in [0, 0.1) is 0 Å². The first-order valence-electron chi connectivity index (χ1n) is 9.69. The van der Waals surface area contributed by atoms with Crippen LogP contribution in [-0.4, -0.2) is 64.3 Å².